The first-order chi connectivity index (χ1) is 17.9. The molecule has 4 aliphatic rings. The van der Waals surface area contributed by atoms with Crippen LogP contribution in [0.3, 0.4) is 0 Å². The van der Waals surface area contributed by atoms with E-state index in [2.05, 4.69) is 22.5 Å². The lowest BCUT2D eigenvalue weighted by atomic mass is 9.62. The molecule has 1 aromatic heterocycles. The quantitative estimate of drug-likeness (QED) is 0.387. The molecule has 0 saturated heterocycles. The highest BCUT2D eigenvalue weighted by Gasteiger charge is 2.53. The summed E-state index contributed by atoms with van der Waals surface area (Å²) in [7, 11) is 0. The Morgan fingerprint density at radius 1 is 0.973 bits per heavy atom. The lowest BCUT2D eigenvalue weighted by Crippen LogP contribution is -2.50. The van der Waals surface area contributed by atoms with Crippen molar-refractivity contribution in [1.29, 1.82) is 0 Å². The summed E-state index contributed by atoms with van der Waals surface area (Å²) in [5.41, 5.74) is 4.06. The van der Waals surface area contributed by atoms with Crippen molar-refractivity contribution in [2.75, 3.05) is 5.32 Å². The number of aromatic amines is 1. The van der Waals surface area contributed by atoms with Gasteiger partial charge in [-0.25, -0.2) is 4.98 Å². The molecule has 192 valence electrons. The topological polar surface area (TPSA) is 86.9 Å². The second kappa shape index (κ2) is 8.71. The number of H-pyrrole nitrogens is 1. The van der Waals surface area contributed by atoms with Gasteiger partial charge in [0.15, 0.2) is 0 Å². The third-order valence-electron chi connectivity index (χ3n) is 9.82. The molecule has 4 aliphatic carbocycles. The summed E-state index contributed by atoms with van der Waals surface area (Å²) in [6, 6.07) is 13.5. The van der Waals surface area contributed by atoms with Gasteiger partial charge in [0.25, 0.3) is 5.91 Å². The zero-order valence-corrected chi connectivity index (χ0v) is 21.6. The molecule has 3 aromatic rings. The maximum Gasteiger partial charge on any atom is 0.251 e. The Morgan fingerprint density at radius 3 is 2.59 bits per heavy atom. The van der Waals surface area contributed by atoms with E-state index in [0.29, 0.717) is 5.56 Å². The molecule has 2 amide bonds. The summed E-state index contributed by atoms with van der Waals surface area (Å²) >= 11 is 0. The zero-order valence-electron chi connectivity index (χ0n) is 21.6. The third kappa shape index (κ3) is 4.24. The molecule has 5 atom stereocenters. The number of fused-ring (bicyclic) bond motifs is 2. The molecule has 4 saturated carbocycles. The Labute approximate surface area is 218 Å². The molecular formula is C31H36N4O2. The fourth-order valence-electron chi connectivity index (χ4n) is 8.08. The molecule has 7 rings (SSSR count). The van der Waals surface area contributed by atoms with Crippen LogP contribution in [0.2, 0.25) is 0 Å². The van der Waals surface area contributed by atoms with Crippen LogP contribution in [0, 0.1) is 29.6 Å². The number of imidazole rings is 1. The van der Waals surface area contributed by atoms with Gasteiger partial charge in [-0.2, -0.15) is 0 Å². The number of hydrogen-bond acceptors (Lipinski definition) is 3. The minimum absolute atomic E-state index is 0.0231. The van der Waals surface area contributed by atoms with Crippen LogP contribution in [0.15, 0.2) is 42.5 Å². The average molecular weight is 497 g/mol. The number of hydrogen-bond donors (Lipinski definition) is 3. The standard InChI is InChI=1S/C31H36N4O2/c1-31(16-18-12-22-14-23(17-31)25(22)13-18)35-30(37)21-8-6-19(7-9-21)28-33-26-11-10-24(15-27(26)34-28)32-29(36)20-4-2-3-5-20/h6-11,15,18,20,22-23,25H,2-5,12-14,16-17H2,1H3,(H,32,36)(H,33,34)(H,35,37)/t18-,22+,23-,25?,31?/m0/s1. The van der Waals surface area contributed by atoms with E-state index in [-0.39, 0.29) is 23.3 Å². The Balaban J connectivity index is 1.04. The Morgan fingerprint density at radius 2 is 1.78 bits per heavy atom. The molecule has 3 N–H and O–H groups in total. The smallest absolute Gasteiger partial charge is 0.251 e. The number of aromatic nitrogens is 2. The predicted octanol–water partition coefficient (Wildman–Crippen LogP) is 6.30. The van der Waals surface area contributed by atoms with Crippen molar-refractivity contribution in [2.24, 2.45) is 29.6 Å². The van der Waals surface area contributed by atoms with Gasteiger partial charge >= 0.3 is 0 Å². The predicted molar refractivity (Wildman–Crippen MR) is 145 cm³/mol. The fourth-order valence-corrected chi connectivity index (χ4v) is 8.08. The molecule has 0 spiro atoms. The van der Waals surface area contributed by atoms with E-state index in [1.54, 1.807) is 0 Å². The fraction of sp³-hybridized carbons (Fsp3) is 0.516. The second-order valence-electron chi connectivity index (χ2n) is 12.5. The first kappa shape index (κ1) is 23.0. The number of benzene rings is 2. The van der Waals surface area contributed by atoms with E-state index in [1.807, 2.05) is 42.5 Å². The number of carbonyl (C=O) groups excluding carboxylic acids is 2. The van der Waals surface area contributed by atoms with Crippen molar-refractivity contribution in [2.45, 2.75) is 70.3 Å². The van der Waals surface area contributed by atoms with Crippen LogP contribution in [0.4, 0.5) is 5.69 Å². The number of nitrogens with zero attached hydrogens (tertiary/aromatic N) is 1. The highest BCUT2D eigenvalue weighted by molar-refractivity contribution is 5.96. The van der Waals surface area contributed by atoms with Gasteiger partial charge in [0.05, 0.1) is 11.0 Å². The number of nitrogens with one attached hydrogen (secondary N) is 3. The van der Waals surface area contributed by atoms with Crippen molar-refractivity contribution in [3.05, 3.63) is 48.0 Å². The number of amides is 2. The Hall–Kier alpha value is -3.15. The van der Waals surface area contributed by atoms with Gasteiger partial charge in [-0.05, 0) is 106 Å². The van der Waals surface area contributed by atoms with Crippen molar-refractivity contribution in [3.8, 4) is 11.4 Å². The summed E-state index contributed by atoms with van der Waals surface area (Å²) in [4.78, 5) is 33.8. The molecule has 2 unspecified atom stereocenters. The molecule has 4 fully saturated rings. The van der Waals surface area contributed by atoms with Gasteiger partial charge in [-0.3, -0.25) is 9.59 Å². The van der Waals surface area contributed by atoms with Crippen LogP contribution >= 0.6 is 0 Å². The average Bonchev–Trinajstić information content (AvgIpc) is 3.60. The van der Waals surface area contributed by atoms with Gasteiger partial charge < -0.3 is 15.6 Å². The van der Waals surface area contributed by atoms with Crippen LogP contribution in [0.25, 0.3) is 22.4 Å². The molecule has 1 heterocycles. The van der Waals surface area contributed by atoms with Crippen LogP contribution < -0.4 is 10.6 Å². The van der Waals surface area contributed by atoms with Gasteiger partial charge in [0.1, 0.15) is 5.82 Å². The lowest BCUT2D eigenvalue weighted by molar-refractivity contribution is -0.119. The van der Waals surface area contributed by atoms with Crippen molar-refractivity contribution >= 4 is 28.5 Å². The van der Waals surface area contributed by atoms with E-state index >= 15 is 0 Å². The Kier molecular flexibility index (Phi) is 5.42. The minimum Gasteiger partial charge on any atom is -0.347 e. The van der Waals surface area contributed by atoms with E-state index in [4.69, 9.17) is 4.98 Å². The van der Waals surface area contributed by atoms with Gasteiger partial charge in [0, 0.05) is 28.3 Å². The minimum atomic E-state index is -0.102. The summed E-state index contributed by atoms with van der Waals surface area (Å²) in [6.07, 6.45) is 10.6. The first-order valence-electron chi connectivity index (χ1n) is 14.2. The van der Waals surface area contributed by atoms with Gasteiger partial charge in [-0.15, -0.1) is 0 Å². The van der Waals surface area contributed by atoms with Crippen molar-refractivity contribution in [3.63, 3.8) is 0 Å². The monoisotopic (exact) mass is 496 g/mol. The molecular weight excluding hydrogens is 460 g/mol. The molecule has 6 nitrogen and oxygen atoms in total. The summed E-state index contributed by atoms with van der Waals surface area (Å²) in [6.45, 7) is 2.26. The van der Waals surface area contributed by atoms with Crippen LogP contribution in [0.5, 0.6) is 0 Å². The van der Waals surface area contributed by atoms with Crippen molar-refractivity contribution < 1.29 is 9.59 Å². The highest BCUT2D eigenvalue weighted by Crippen LogP contribution is 2.60. The van der Waals surface area contributed by atoms with Crippen molar-refractivity contribution in [1.82, 2.24) is 15.3 Å². The largest absolute Gasteiger partial charge is 0.347 e. The van der Waals surface area contributed by atoms with E-state index in [0.717, 1.165) is 90.3 Å². The van der Waals surface area contributed by atoms with E-state index in [1.165, 1.54) is 19.3 Å². The molecule has 2 aromatic carbocycles. The zero-order chi connectivity index (χ0) is 25.1. The summed E-state index contributed by atoms with van der Waals surface area (Å²) in [5, 5.41) is 6.49. The molecule has 6 heteroatoms. The summed E-state index contributed by atoms with van der Waals surface area (Å²) < 4.78 is 0. The van der Waals surface area contributed by atoms with Crippen LogP contribution in [-0.4, -0.2) is 27.3 Å². The van der Waals surface area contributed by atoms with Gasteiger partial charge in [0.2, 0.25) is 5.91 Å². The van der Waals surface area contributed by atoms with E-state index in [9.17, 15) is 9.59 Å². The molecule has 0 aliphatic heterocycles. The third-order valence-corrected chi connectivity index (χ3v) is 9.82. The number of rotatable bonds is 5. The van der Waals surface area contributed by atoms with E-state index < -0.39 is 0 Å². The van der Waals surface area contributed by atoms with Crippen LogP contribution in [0.1, 0.15) is 75.1 Å². The SMILES string of the molecule is CC1(NC(=O)c2ccc(-c3nc4ccc(NC(=O)C5CCCC5)cc4[nH]3)cc2)C[C@@H]2CC3[C@H](C2)C[C@H]3C1. The maximum absolute atomic E-state index is 13.2. The number of carbonyl (C=O) groups is 2. The molecule has 2 bridgehead atoms. The summed E-state index contributed by atoms with van der Waals surface area (Å²) in [5.74, 6) is 4.51. The lowest BCUT2D eigenvalue weighted by Gasteiger charge is -2.46. The second-order valence-corrected chi connectivity index (χ2v) is 12.5. The molecule has 37 heavy (non-hydrogen) atoms. The maximum atomic E-state index is 13.2. The highest BCUT2D eigenvalue weighted by atomic mass is 16.2. The Bertz CT molecular complexity index is 1350. The molecule has 0 radical (unpaired) electrons. The van der Waals surface area contributed by atoms with Gasteiger partial charge in [-0.1, -0.05) is 25.0 Å². The first-order valence-corrected chi connectivity index (χ1v) is 14.2. The normalized spacial score (nSPS) is 30.6. The van der Waals surface area contributed by atoms with Crippen LogP contribution in [-0.2, 0) is 4.79 Å². The number of anilines is 1.